The zero-order valence-corrected chi connectivity index (χ0v) is 17.6. The van der Waals surface area contributed by atoms with Crippen molar-refractivity contribution in [3.63, 3.8) is 0 Å². The van der Waals surface area contributed by atoms with Gasteiger partial charge in [0.15, 0.2) is 0 Å². The number of piperidine rings is 1. The molecule has 2 bridgehead atoms. The van der Waals surface area contributed by atoms with Crippen LogP contribution in [0.4, 0.5) is 5.69 Å². The number of hydrogen-bond acceptors (Lipinski definition) is 3. The Bertz CT molecular complexity index is 928. The normalized spacial score (nSPS) is 26.8. The van der Waals surface area contributed by atoms with Crippen molar-refractivity contribution in [1.29, 1.82) is 0 Å². The molecule has 1 aromatic carbocycles. The molecule has 5 heteroatoms. The predicted octanol–water partition coefficient (Wildman–Crippen LogP) is 1.76. The summed E-state index contributed by atoms with van der Waals surface area (Å²) in [6, 6.07) is 13.3. The van der Waals surface area contributed by atoms with Crippen LogP contribution in [0.25, 0.3) is 11.1 Å². The molecule has 3 aliphatic heterocycles. The van der Waals surface area contributed by atoms with Crippen molar-refractivity contribution in [2.45, 2.75) is 37.8 Å². The van der Waals surface area contributed by atoms with Gasteiger partial charge in [-0.2, -0.15) is 0 Å². The summed E-state index contributed by atoms with van der Waals surface area (Å²) < 4.78 is 7.66. The highest BCUT2D eigenvalue weighted by Crippen LogP contribution is 2.32. The van der Waals surface area contributed by atoms with Gasteiger partial charge < -0.3 is 19.1 Å². The molecular weight excluding hydrogens is 362 g/mol. The van der Waals surface area contributed by atoms with Gasteiger partial charge >= 0.3 is 0 Å². The van der Waals surface area contributed by atoms with Gasteiger partial charge in [-0.15, -0.1) is 0 Å². The number of aromatic nitrogens is 1. The number of nitrogens with one attached hydrogen (secondary N) is 1. The lowest BCUT2D eigenvalue weighted by Crippen LogP contribution is -3.18. The minimum atomic E-state index is 0.185. The Morgan fingerprint density at radius 1 is 1.03 bits per heavy atom. The quantitative estimate of drug-likeness (QED) is 0.862. The van der Waals surface area contributed by atoms with Crippen LogP contribution < -0.4 is 15.4 Å². The fourth-order valence-corrected chi connectivity index (χ4v) is 5.70. The third kappa shape index (κ3) is 3.51. The van der Waals surface area contributed by atoms with E-state index in [1.807, 2.05) is 14.1 Å². The van der Waals surface area contributed by atoms with Gasteiger partial charge in [-0.1, -0.05) is 12.1 Å². The first-order valence-electron chi connectivity index (χ1n) is 11.0. The van der Waals surface area contributed by atoms with E-state index in [0.717, 1.165) is 49.2 Å². The summed E-state index contributed by atoms with van der Waals surface area (Å²) in [6.07, 6.45) is 3.61. The minimum Gasteiger partial charge on any atom is -0.381 e. The molecule has 2 aromatic rings. The molecule has 0 saturated carbocycles. The highest BCUT2D eigenvalue weighted by molar-refractivity contribution is 5.65. The maximum atomic E-state index is 13.4. The number of fused-ring (bicyclic) bond motifs is 4. The summed E-state index contributed by atoms with van der Waals surface area (Å²) in [4.78, 5) is 17.2. The van der Waals surface area contributed by atoms with Crippen molar-refractivity contribution >= 4 is 5.69 Å². The number of hydrogen-bond donors (Lipinski definition) is 1. The molecule has 3 aliphatic rings. The molecule has 154 valence electrons. The van der Waals surface area contributed by atoms with Gasteiger partial charge in [0.25, 0.3) is 5.56 Å². The number of nitrogens with zero attached hydrogens (tertiary/aromatic N) is 2. The molecule has 0 aliphatic carbocycles. The molecule has 29 heavy (non-hydrogen) atoms. The molecule has 4 heterocycles. The van der Waals surface area contributed by atoms with E-state index in [1.54, 1.807) is 4.90 Å². The SMILES string of the molecule is CN(C)c1ccc(-c2ccc3n(c2=O)C[C@H]2C[C@@H]3C[NH+](C3CCOCC3)C2)cc1. The van der Waals surface area contributed by atoms with Crippen LogP contribution in [-0.4, -0.2) is 51.0 Å². The van der Waals surface area contributed by atoms with E-state index in [-0.39, 0.29) is 5.56 Å². The topological polar surface area (TPSA) is 38.9 Å². The highest BCUT2D eigenvalue weighted by Gasteiger charge is 2.40. The second-order valence-electron chi connectivity index (χ2n) is 9.28. The van der Waals surface area contributed by atoms with E-state index in [2.05, 4.69) is 45.9 Å². The summed E-state index contributed by atoms with van der Waals surface area (Å²) >= 11 is 0. The maximum Gasteiger partial charge on any atom is 0.258 e. The van der Waals surface area contributed by atoms with Gasteiger partial charge in [0.2, 0.25) is 0 Å². The monoisotopic (exact) mass is 394 g/mol. The number of likely N-dealkylation sites (tertiary alicyclic amines) is 1. The maximum absolute atomic E-state index is 13.4. The summed E-state index contributed by atoms with van der Waals surface area (Å²) in [5.41, 5.74) is 4.43. The Hall–Kier alpha value is -2.11. The summed E-state index contributed by atoms with van der Waals surface area (Å²) in [5.74, 6) is 1.13. The van der Waals surface area contributed by atoms with Gasteiger partial charge in [0.1, 0.15) is 0 Å². The second kappa shape index (κ2) is 7.62. The number of ether oxygens (including phenoxy) is 1. The van der Waals surface area contributed by atoms with Crippen LogP contribution in [0.15, 0.2) is 41.2 Å². The molecule has 1 unspecified atom stereocenters. The zero-order valence-electron chi connectivity index (χ0n) is 17.6. The Labute approximate surface area is 172 Å². The number of pyridine rings is 1. The van der Waals surface area contributed by atoms with Crippen molar-refractivity contribution in [3.05, 3.63) is 52.4 Å². The Kier molecular flexibility index (Phi) is 4.96. The van der Waals surface area contributed by atoms with Crippen LogP contribution in [-0.2, 0) is 11.3 Å². The van der Waals surface area contributed by atoms with Gasteiger partial charge in [-0.3, -0.25) is 4.79 Å². The molecule has 5 rings (SSSR count). The van der Waals surface area contributed by atoms with E-state index < -0.39 is 0 Å². The van der Waals surface area contributed by atoms with E-state index in [1.165, 1.54) is 31.5 Å². The number of rotatable bonds is 3. The molecule has 1 aromatic heterocycles. The first kappa shape index (κ1) is 18.9. The number of benzene rings is 1. The molecule has 0 radical (unpaired) electrons. The van der Waals surface area contributed by atoms with Crippen LogP contribution in [0, 0.1) is 5.92 Å². The van der Waals surface area contributed by atoms with Crippen LogP contribution in [0.3, 0.4) is 0 Å². The Balaban J connectivity index is 1.43. The fraction of sp³-hybridized carbons (Fsp3) is 0.542. The van der Waals surface area contributed by atoms with Crippen molar-refractivity contribution in [1.82, 2.24) is 4.57 Å². The largest absolute Gasteiger partial charge is 0.381 e. The van der Waals surface area contributed by atoms with Crippen molar-refractivity contribution < 1.29 is 9.64 Å². The molecule has 0 amide bonds. The molecule has 2 saturated heterocycles. The standard InChI is InChI=1S/C24H31N3O2/c1-25(2)20-5-3-18(4-6-20)22-7-8-23-19-13-17(15-27(23)24(22)28)14-26(16-19)21-9-11-29-12-10-21/h3-8,17,19,21H,9-16H2,1-2H3/p+1/t17-,19+/m0/s1. The Morgan fingerprint density at radius 3 is 2.52 bits per heavy atom. The fourth-order valence-electron chi connectivity index (χ4n) is 5.70. The molecule has 0 spiro atoms. The van der Waals surface area contributed by atoms with Crippen molar-refractivity contribution in [2.75, 3.05) is 45.3 Å². The van der Waals surface area contributed by atoms with Gasteiger partial charge in [0.05, 0.1) is 32.3 Å². The van der Waals surface area contributed by atoms with Crippen LogP contribution in [0.2, 0.25) is 0 Å². The molecular formula is C24H32N3O2+. The summed E-state index contributed by atoms with van der Waals surface area (Å²) in [5, 5.41) is 0. The highest BCUT2D eigenvalue weighted by atomic mass is 16.5. The lowest BCUT2D eigenvalue weighted by molar-refractivity contribution is -0.937. The smallest absolute Gasteiger partial charge is 0.258 e. The third-order valence-electron chi connectivity index (χ3n) is 7.24. The van der Waals surface area contributed by atoms with Crippen molar-refractivity contribution in [3.8, 4) is 11.1 Å². The molecule has 2 fully saturated rings. The van der Waals surface area contributed by atoms with Gasteiger partial charge in [-0.25, -0.2) is 0 Å². The molecule has 1 N–H and O–H groups in total. The van der Waals surface area contributed by atoms with Crippen molar-refractivity contribution in [2.24, 2.45) is 5.92 Å². The van der Waals surface area contributed by atoms with Gasteiger partial charge in [-0.05, 0) is 36.2 Å². The first-order chi connectivity index (χ1) is 14.1. The average molecular weight is 395 g/mol. The third-order valence-corrected chi connectivity index (χ3v) is 7.24. The lowest BCUT2D eigenvalue weighted by Gasteiger charge is -2.44. The summed E-state index contributed by atoms with van der Waals surface area (Å²) in [7, 11) is 4.07. The van der Waals surface area contributed by atoms with Crippen LogP contribution >= 0.6 is 0 Å². The molecule has 5 nitrogen and oxygen atoms in total. The van der Waals surface area contributed by atoms with E-state index in [9.17, 15) is 4.79 Å². The van der Waals surface area contributed by atoms with Crippen LogP contribution in [0.5, 0.6) is 0 Å². The van der Waals surface area contributed by atoms with Crippen LogP contribution in [0.1, 0.15) is 30.9 Å². The van der Waals surface area contributed by atoms with Gasteiger partial charge in [0, 0.05) is 62.3 Å². The van der Waals surface area contributed by atoms with E-state index in [4.69, 9.17) is 4.74 Å². The van der Waals surface area contributed by atoms with E-state index >= 15 is 0 Å². The lowest BCUT2D eigenvalue weighted by atomic mass is 9.81. The summed E-state index contributed by atoms with van der Waals surface area (Å²) in [6.45, 7) is 5.07. The Morgan fingerprint density at radius 2 is 1.79 bits per heavy atom. The average Bonchev–Trinajstić information content (AvgIpc) is 2.75. The number of anilines is 1. The zero-order chi connectivity index (χ0) is 20.0. The van der Waals surface area contributed by atoms with E-state index in [0.29, 0.717) is 11.8 Å². The number of quaternary nitrogens is 1. The second-order valence-corrected chi connectivity index (χ2v) is 9.28. The predicted molar refractivity (Wildman–Crippen MR) is 116 cm³/mol. The molecule has 3 atom stereocenters. The minimum absolute atomic E-state index is 0.185. The first-order valence-corrected chi connectivity index (χ1v) is 11.0.